The molecule has 4 rings (SSSR count). The van der Waals surface area contributed by atoms with E-state index in [0.717, 1.165) is 17.0 Å². The van der Waals surface area contributed by atoms with E-state index in [-0.39, 0.29) is 35.7 Å². The number of likely N-dealkylation sites (tertiary alicyclic amines) is 1. The number of ether oxygens (including phenoxy) is 2. The molecule has 2 aliphatic heterocycles. The van der Waals surface area contributed by atoms with Gasteiger partial charge in [-0.25, -0.2) is 4.39 Å². The molecule has 2 aliphatic rings. The van der Waals surface area contributed by atoms with Gasteiger partial charge in [-0.1, -0.05) is 0 Å². The van der Waals surface area contributed by atoms with E-state index < -0.39 is 40.1 Å². The van der Waals surface area contributed by atoms with E-state index in [1.54, 1.807) is 19.9 Å². The molecule has 2 aromatic rings. The fourth-order valence-electron chi connectivity index (χ4n) is 4.97. The number of carbonyl (C=O) groups excluding carboxylic acids is 2. The number of nitrogens with zero attached hydrogens (tertiary/aromatic N) is 4. The summed E-state index contributed by atoms with van der Waals surface area (Å²) in [5.74, 6) is -1.53. The summed E-state index contributed by atoms with van der Waals surface area (Å²) in [7, 11) is 1.33. The Morgan fingerprint density at radius 2 is 1.80 bits per heavy atom. The van der Waals surface area contributed by atoms with E-state index in [0.29, 0.717) is 25.9 Å². The van der Waals surface area contributed by atoms with Gasteiger partial charge in [0, 0.05) is 30.5 Å². The zero-order valence-corrected chi connectivity index (χ0v) is 22.9. The fourth-order valence-corrected chi connectivity index (χ4v) is 5.63. The topological polar surface area (TPSA) is 86.1 Å². The number of nitriles is 1. The average Bonchev–Trinajstić information content (AvgIpc) is 3.08. The summed E-state index contributed by atoms with van der Waals surface area (Å²) in [5, 5.41) is 9.10. The van der Waals surface area contributed by atoms with Gasteiger partial charge in [0.25, 0.3) is 5.91 Å². The molecule has 8 nitrogen and oxygen atoms in total. The first kappa shape index (κ1) is 29.5. The standard InChI is InChI=1S/C27H28F4N4O4S/c1-26(2)24(37)34(17-5-4-16(14-32)20(12-17)27(29,30)31)25(40)35(26)18-6-7-22(21(28)13-18)39-19-8-10-33(11-9-19)15-23(36)38-3/h4-7,12-13,19,25,40H,8-11,15H2,1-3H3. The number of hydrogen-bond donors (Lipinski definition) is 1. The monoisotopic (exact) mass is 580 g/mol. The maximum absolute atomic E-state index is 15.2. The third-order valence-electron chi connectivity index (χ3n) is 7.12. The number of piperidine rings is 1. The highest BCUT2D eigenvalue weighted by atomic mass is 32.1. The minimum absolute atomic E-state index is 0.0213. The lowest BCUT2D eigenvalue weighted by molar-refractivity contribution is -0.142. The van der Waals surface area contributed by atoms with E-state index in [4.69, 9.17) is 10.00 Å². The molecule has 0 saturated carbocycles. The van der Waals surface area contributed by atoms with E-state index in [9.17, 15) is 22.8 Å². The Labute approximate surface area is 234 Å². The van der Waals surface area contributed by atoms with Crippen molar-refractivity contribution in [1.29, 1.82) is 5.26 Å². The summed E-state index contributed by atoms with van der Waals surface area (Å²) >= 11 is 4.53. The predicted molar refractivity (Wildman–Crippen MR) is 141 cm³/mol. The number of alkyl halides is 3. The van der Waals surface area contributed by atoms with Gasteiger partial charge in [-0.3, -0.25) is 19.4 Å². The van der Waals surface area contributed by atoms with Crippen LogP contribution in [0.1, 0.15) is 37.8 Å². The normalized spacial score (nSPS) is 20.0. The van der Waals surface area contributed by atoms with Crippen molar-refractivity contribution < 1.29 is 36.6 Å². The number of carbonyl (C=O) groups is 2. The second-order valence-electron chi connectivity index (χ2n) is 10.1. The van der Waals surface area contributed by atoms with Crippen molar-refractivity contribution in [2.24, 2.45) is 0 Å². The summed E-state index contributed by atoms with van der Waals surface area (Å²) < 4.78 is 66.5. The molecule has 1 atom stereocenters. The van der Waals surface area contributed by atoms with Crippen LogP contribution in [-0.2, 0) is 20.5 Å². The van der Waals surface area contributed by atoms with Gasteiger partial charge in [0.1, 0.15) is 11.6 Å². The molecule has 0 aliphatic carbocycles. The molecule has 2 saturated heterocycles. The Morgan fingerprint density at radius 1 is 1.15 bits per heavy atom. The van der Waals surface area contributed by atoms with E-state index >= 15 is 4.39 Å². The van der Waals surface area contributed by atoms with E-state index in [1.807, 2.05) is 4.90 Å². The molecule has 0 N–H and O–H groups in total. The molecule has 1 unspecified atom stereocenters. The number of benzene rings is 2. The van der Waals surface area contributed by atoms with Crippen LogP contribution in [0.15, 0.2) is 36.4 Å². The van der Waals surface area contributed by atoms with Gasteiger partial charge < -0.3 is 14.4 Å². The summed E-state index contributed by atoms with van der Waals surface area (Å²) in [6.45, 7) is 4.49. The lowest BCUT2D eigenvalue weighted by atomic mass is 10.0. The maximum atomic E-state index is 15.2. The van der Waals surface area contributed by atoms with Crippen molar-refractivity contribution in [2.45, 2.75) is 50.0 Å². The second-order valence-corrected chi connectivity index (χ2v) is 10.5. The highest BCUT2D eigenvalue weighted by molar-refractivity contribution is 7.81. The van der Waals surface area contributed by atoms with Crippen molar-refractivity contribution in [2.75, 3.05) is 36.5 Å². The van der Waals surface area contributed by atoms with E-state index in [2.05, 4.69) is 17.4 Å². The third kappa shape index (κ3) is 5.69. The number of esters is 1. The fraction of sp³-hybridized carbons (Fsp3) is 0.444. The molecule has 0 bridgehead atoms. The largest absolute Gasteiger partial charge is 0.487 e. The number of rotatable bonds is 6. The van der Waals surface area contributed by atoms with Gasteiger partial charge in [-0.15, -0.1) is 12.6 Å². The van der Waals surface area contributed by atoms with Crippen molar-refractivity contribution in [1.82, 2.24) is 4.90 Å². The third-order valence-corrected chi connectivity index (χ3v) is 7.58. The van der Waals surface area contributed by atoms with Crippen LogP contribution < -0.4 is 14.5 Å². The quantitative estimate of drug-likeness (QED) is 0.304. The van der Waals surface area contributed by atoms with Crippen LogP contribution in [0.25, 0.3) is 0 Å². The Kier molecular flexibility index (Phi) is 8.23. The van der Waals surface area contributed by atoms with Crippen LogP contribution in [-0.4, -0.2) is 60.7 Å². The Balaban J connectivity index is 1.54. The van der Waals surface area contributed by atoms with Crippen LogP contribution >= 0.6 is 12.6 Å². The molecule has 2 heterocycles. The highest BCUT2D eigenvalue weighted by Crippen LogP contribution is 2.43. The van der Waals surface area contributed by atoms with Crippen molar-refractivity contribution >= 4 is 35.9 Å². The molecule has 13 heteroatoms. The van der Waals surface area contributed by atoms with Gasteiger partial charge in [-0.2, -0.15) is 18.4 Å². The van der Waals surface area contributed by atoms with Crippen LogP contribution in [0, 0.1) is 17.1 Å². The number of anilines is 2. The average molecular weight is 581 g/mol. The second kappa shape index (κ2) is 11.2. The van der Waals surface area contributed by atoms with Crippen LogP contribution in [0.5, 0.6) is 5.75 Å². The van der Waals surface area contributed by atoms with Crippen molar-refractivity contribution in [3.05, 3.63) is 53.3 Å². The minimum atomic E-state index is -4.80. The molecule has 2 fully saturated rings. The number of methoxy groups -OCH3 is 1. The van der Waals surface area contributed by atoms with Gasteiger partial charge in [-0.05, 0) is 57.0 Å². The summed E-state index contributed by atoms with van der Waals surface area (Å²) in [5.41, 5.74) is -3.90. The van der Waals surface area contributed by atoms with Gasteiger partial charge in [0.05, 0.1) is 30.9 Å². The van der Waals surface area contributed by atoms with Crippen LogP contribution in [0.4, 0.5) is 28.9 Å². The predicted octanol–water partition coefficient (Wildman–Crippen LogP) is 4.58. The molecule has 2 aromatic carbocycles. The molecule has 0 aromatic heterocycles. The van der Waals surface area contributed by atoms with Gasteiger partial charge in [0.2, 0.25) is 0 Å². The minimum Gasteiger partial charge on any atom is -0.487 e. The zero-order chi connectivity index (χ0) is 29.4. The first-order valence-electron chi connectivity index (χ1n) is 12.5. The Morgan fingerprint density at radius 3 is 2.38 bits per heavy atom. The van der Waals surface area contributed by atoms with Crippen LogP contribution in [0.3, 0.4) is 0 Å². The lowest BCUT2D eigenvalue weighted by Crippen LogP contribution is -2.45. The Hall–Kier alpha value is -3.50. The molecular formula is C27H28F4N4O4S. The smallest absolute Gasteiger partial charge is 0.417 e. The summed E-state index contributed by atoms with van der Waals surface area (Å²) in [6.07, 6.45) is -3.89. The van der Waals surface area contributed by atoms with E-state index in [1.165, 1.54) is 36.3 Å². The highest BCUT2D eigenvalue weighted by Gasteiger charge is 2.52. The number of hydrogen-bond acceptors (Lipinski definition) is 8. The van der Waals surface area contributed by atoms with Gasteiger partial charge in [0.15, 0.2) is 17.1 Å². The number of thiol groups is 1. The maximum Gasteiger partial charge on any atom is 0.417 e. The molecule has 40 heavy (non-hydrogen) atoms. The van der Waals surface area contributed by atoms with Crippen LogP contribution in [0.2, 0.25) is 0 Å². The van der Waals surface area contributed by atoms with Crippen molar-refractivity contribution in [3.63, 3.8) is 0 Å². The molecule has 1 amide bonds. The molecule has 0 radical (unpaired) electrons. The van der Waals surface area contributed by atoms with Gasteiger partial charge >= 0.3 is 12.1 Å². The number of amides is 1. The Bertz CT molecular complexity index is 1340. The summed E-state index contributed by atoms with van der Waals surface area (Å²) in [4.78, 5) is 29.4. The molecular weight excluding hydrogens is 552 g/mol. The lowest BCUT2D eigenvalue weighted by Gasteiger charge is -2.34. The first-order valence-corrected chi connectivity index (χ1v) is 13.0. The molecule has 0 spiro atoms. The van der Waals surface area contributed by atoms with Crippen molar-refractivity contribution in [3.8, 4) is 11.8 Å². The molecule has 214 valence electrons. The summed E-state index contributed by atoms with van der Waals surface area (Å²) in [6, 6.07) is 8.72. The first-order chi connectivity index (χ1) is 18.8. The zero-order valence-electron chi connectivity index (χ0n) is 22.0. The SMILES string of the molecule is COC(=O)CN1CCC(Oc2ccc(N3C(S)N(c4ccc(C#N)c(C(F)(F)F)c4)C(=O)C3(C)C)cc2F)CC1. The number of halogens is 4.